The van der Waals surface area contributed by atoms with E-state index in [2.05, 4.69) is 46.2 Å². The Morgan fingerprint density at radius 2 is 1.81 bits per heavy atom. The maximum absolute atomic E-state index is 5.55. The minimum atomic E-state index is 0. The zero-order chi connectivity index (χ0) is 18.8. The van der Waals surface area contributed by atoms with Crippen molar-refractivity contribution < 1.29 is 4.74 Å². The maximum Gasteiger partial charge on any atom is 0.191 e. The van der Waals surface area contributed by atoms with Gasteiger partial charge >= 0.3 is 0 Å². The Morgan fingerprint density at radius 1 is 1.11 bits per heavy atom. The van der Waals surface area contributed by atoms with Gasteiger partial charge in [0.1, 0.15) is 0 Å². The second-order valence-corrected chi connectivity index (χ2v) is 7.67. The topological polar surface area (TPSA) is 52.1 Å². The molecule has 2 unspecified atom stereocenters. The Kier molecular flexibility index (Phi) is 12.9. The van der Waals surface area contributed by atoms with Crippen LogP contribution in [0.25, 0.3) is 0 Å². The van der Waals surface area contributed by atoms with E-state index in [0.717, 1.165) is 51.3 Å². The summed E-state index contributed by atoms with van der Waals surface area (Å²) in [5.74, 6) is 2.40. The molecule has 0 aliphatic carbocycles. The summed E-state index contributed by atoms with van der Waals surface area (Å²) < 4.78 is 5.55. The molecule has 160 valence electrons. The molecule has 2 fully saturated rings. The average molecular weight is 495 g/mol. The molecule has 0 aromatic carbocycles. The molecule has 2 atom stereocenters. The highest BCUT2D eigenvalue weighted by Gasteiger charge is 2.27. The number of rotatable bonds is 9. The summed E-state index contributed by atoms with van der Waals surface area (Å²) in [5, 5.41) is 7.17. The Balaban J connectivity index is 0.00000364. The number of aliphatic imine (C=N–C) groups is 1. The van der Waals surface area contributed by atoms with Gasteiger partial charge < -0.3 is 20.3 Å². The van der Waals surface area contributed by atoms with E-state index >= 15 is 0 Å². The number of likely N-dealkylation sites (tertiary alicyclic amines) is 1. The van der Waals surface area contributed by atoms with Crippen LogP contribution in [-0.4, -0.2) is 87.9 Å². The Labute approximate surface area is 183 Å². The molecule has 0 spiro atoms. The largest absolute Gasteiger partial charge is 0.379 e. The molecule has 2 N–H and O–H groups in total. The van der Waals surface area contributed by atoms with Crippen molar-refractivity contribution in [3.8, 4) is 0 Å². The smallest absolute Gasteiger partial charge is 0.191 e. The lowest BCUT2D eigenvalue weighted by molar-refractivity contribution is 0.00272. The maximum atomic E-state index is 5.55. The summed E-state index contributed by atoms with van der Waals surface area (Å²) >= 11 is 0. The number of nitrogens with zero attached hydrogens (tertiary/aromatic N) is 3. The number of hydrogen-bond acceptors (Lipinski definition) is 4. The lowest BCUT2D eigenvalue weighted by Gasteiger charge is -2.39. The van der Waals surface area contributed by atoms with Crippen LogP contribution in [0.1, 0.15) is 40.0 Å². The molecular formula is C20H42IN5O. The van der Waals surface area contributed by atoms with Gasteiger partial charge in [0.15, 0.2) is 5.96 Å². The van der Waals surface area contributed by atoms with Crippen LogP contribution in [0.5, 0.6) is 0 Å². The van der Waals surface area contributed by atoms with Gasteiger partial charge in [0.25, 0.3) is 0 Å². The first-order valence-electron chi connectivity index (χ1n) is 10.7. The van der Waals surface area contributed by atoms with Crippen molar-refractivity contribution in [2.45, 2.75) is 46.1 Å². The van der Waals surface area contributed by atoms with Crippen molar-refractivity contribution in [2.75, 3.05) is 66.1 Å². The molecule has 7 heteroatoms. The van der Waals surface area contributed by atoms with Crippen LogP contribution in [0, 0.1) is 11.8 Å². The van der Waals surface area contributed by atoms with Gasteiger partial charge in [-0.3, -0.25) is 9.89 Å². The normalized spacial score (nSPS) is 23.3. The highest BCUT2D eigenvalue weighted by molar-refractivity contribution is 14.0. The van der Waals surface area contributed by atoms with E-state index in [0.29, 0.717) is 12.0 Å². The van der Waals surface area contributed by atoms with E-state index in [1.807, 2.05) is 7.05 Å². The molecule has 0 aromatic rings. The van der Waals surface area contributed by atoms with Gasteiger partial charge in [-0.2, -0.15) is 0 Å². The highest BCUT2D eigenvalue weighted by Crippen LogP contribution is 2.19. The van der Waals surface area contributed by atoms with Crippen LogP contribution in [0.4, 0.5) is 0 Å². The highest BCUT2D eigenvalue weighted by atomic mass is 127. The first-order chi connectivity index (χ1) is 12.7. The van der Waals surface area contributed by atoms with E-state index < -0.39 is 0 Å². The lowest BCUT2D eigenvalue weighted by Crippen LogP contribution is -2.53. The van der Waals surface area contributed by atoms with Crippen molar-refractivity contribution in [1.29, 1.82) is 0 Å². The summed E-state index contributed by atoms with van der Waals surface area (Å²) in [4.78, 5) is 9.59. The minimum absolute atomic E-state index is 0. The Bertz CT molecular complexity index is 413. The zero-order valence-electron chi connectivity index (χ0n) is 17.9. The van der Waals surface area contributed by atoms with Crippen LogP contribution in [0.2, 0.25) is 0 Å². The van der Waals surface area contributed by atoms with Gasteiger partial charge in [-0.1, -0.05) is 33.6 Å². The second kappa shape index (κ2) is 14.0. The first-order valence-corrected chi connectivity index (χ1v) is 10.7. The number of guanidine groups is 1. The van der Waals surface area contributed by atoms with Crippen LogP contribution >= 0.6 is 24.0 Å². The molecule has 2 aliphatic rings. The summed E-state index contributed by atoms with van der Waals surface area (Å²) in [6, 6.07) is 0.550. The standard InChI is InChI=1S/C20H41N5O.HI/c1-5-18(6-2)19(25-10-12-26-13-11-25)15-23-20(21-4)22-14-17-8-9-24(7-3)16-17;/h17-19H,5-16H2,1-4H3,(H2,21,22,23);1H. The van der Waals surface area contributed by atoms with Gasteiger partial charge in [-0.05, 0) is 31.3 Å². The molecule has 0 saturated carbocycles. The van der Waals surface area contributed by atoms with Gasteiger partial charge in [0, 0.05) is 45.8 Å². The fourth-order valence-corrected chi connectivity index (χ4v) is 4.37. The van der Waals surface area contributed by atoms with Crippen LogP contribution in [-0.2, 0) is 4.74 Å². The number of ether oxygens (including phenoxy) is 1. The van der Waals surface area contributed by atoms with E-state index in [9.17, 15) is 0 Å². The zero-order valence-corrected chi connectivity index (χ0v) is 20.2. The molecule has 2 aliphatic heterocycles. The molecule has 0 aromatic heterocycles. The fraction of sp³-hybridized carbons (Fsp3) is 0.950. The molecule has 2 heterocycles. The summed E-state index contributed by atoms with van der Waals surface area (Å²) in [5.41, 5.74) is 0. The van der Waals surface area contributed by atoms with Crippen LogP contribution in [0.3, 0.4) is 0 Å². The number of nitrogens with one attached hydrogen (secondary N) is 2. The first kappa shape index (κ1) is 24.9. The summed E-state index contributed by atoms with van der Waals surface area (Å²) in [7, 11) is 1.88. The third kappa shape index (κ3) is 8.03. The summed E-state index contributed by atoms with van der Waals surface area (Å²) in [6.07, 6.45) is 3.74. The van der Waals surface area contributed by atoms with Crippen molar-refractivity contribution >= 4 is 29.9 Å². The Morgan fingerprint density at radius 3 is 2.37 bits per heavy atom. The molecule has 2 saturated heterocycles. The van der Waals surface area contributed by atoms with Crippen molar-refractivity contribution in [3.63, 3.8) is 0 Å². The van der Waals surface area contributed by atoms with Crippen molar-refractivity contribution in [3.05, 3.63) is 0 Å². The monoisotopic (exact) mass is 495 g/mol. The quantitative estimate of drug-likeness (QED) is 0.292. The van der Waals surface area contributed by atoms with E-state index in [1.54, 1.807) is 0 Å². The van der Waals surface area contributed by atoms with Gasteiger partial charge in [0.2, 0.25) is 0 Å². The lowest BCUT2D eigenvalue weighted by atomic mass is 9.92. The van der Waals surface area contributed by atoms with Crippen molar-refractivity contribution in [1.82, 2.24) is 20.4 Å². The van der Waals surface area contributed by atoms with E-state index in [4.69, 9.17) is 4.74 Å². The van der Waals surface area contributed by atoms with Gasteiger partial charge in [0.05, 0.1) is 13.2 Å². The SMILES string of the molecule is CCC(CC)C(CNC(=NC)NCC1CCN(CC)C1)N1CCOCC1.I. The van der Waals surface area contributed by atoms with Crippen LogP contribution in [0.15, 0.2) is 4.99 Å². The molecule has 27 heavy (non-hydrogen) atoms. The minimum Gasteiger partial charge on any atom is -0.379 e. The average Bonchev–Trinajstić information content (AvgIpc) is 3.16. The molecule has 0 bridgehead atoms. The molecular weight excluding hydrogens is 453 g/mol. The molecule has 6 nitrogen and oxygen atoms in total. The predicted molar refractivity (Wildman–Crippen MR) is 125 cm³/mol. The number of morpholine rings is 1. The third-order valence-corrected chi connectivity index (χ3v) is 6.19. The van der Waals surface area contributed by atoms with Gasteiger partial charge in [-0.25, -0.2) is 0 Å². The molecule has 0 radical (unpaired) electrons. The molecule has 0 amide bonds. The number of halogens is 1. The van der Waals surface area contributed by atoms with E-state index in [-0.39, 0.29) is 24.0 Å². The van der Waals surface area contributed by atoms with Crippen molar-refractivity contribution in [2.24, 2.45) is 16.8 Å². The van der Waals surface area contributed by atoms with Crippen LogP contribution < -0.4 is 10.6 Å². The number of hydrogen-bond donors (Lipinski definition) is 2. The van der Waals surface area contributed by atoms with E-state index in [1.165, 1.54) is 38.9 Å². The fourth-order valence-electron chi connectivity index (χ4n) is 4.37. The van der Waals surface area contributed by atoms with Gasteiger partial charge in [-0.15, -0.1) is 24.0 Å². The molecule has 2 rings (SSSR count). The summed E-state index contributed by atoms with van der Waals surface area (Å²) in [6.45, 7) is 16.3. The second-order valence-electron chi connectivity index (χ2n) is 7.67. The predicted octanol–water partition coefficient (Wildman–Crippen LogP) is 2.25. The third-order valence-electron chi connectivity index (χ3n) is 6.19. The Hall–Kier alpha value is -0.120.